The average molecular weight is 345 g/mol. The molecule has 0 spiro atoms. The highest BCUT2D eigenvalue weighted by molar-refractivity contribution is 8.26. The predicted octanol–water partition coefficient (Wildman–Crippen LogP) is 3.36. The summed E-state index contributed by atoms with van der Waals surface area (Å²) < 4.78 is 11.1. The van der Waals surface area contributed by atoms with Crippen LogP contribution in [0.4, 0.5) is 0 Å². The van der Waals surface area contributed by atoms with E-state index in [0.29, 0.717) is 26.5 Å². The summed E-state index contributed by atoms with van der Waals surface area (Å²) >= 11 is 6.14. The van der Waals surface area contributed by atoms with Gasteiger partial charge in [-0.25, -0.2) is 0 Å². The lowest BCUT2D eigenvalue weighted by molar-refractivity contribution is -0.131. The van der Waals surface area contributed by atoms with Gasteiger partial charge in [-0.15, -0.1) is 0 Å². The maximum absolute atomic E-state index is 11.6. The summed E-state index contributed by atoms with van der Waals surface area (Å²) in [7, 11) is 0. The van der Waals surface area contributed by atoms with Crippen LogP contribution >= 0.6 is 24.0 Å². The van der Waals surface area contributed by atoms with Crippen LogP contribution in [-0.2, 0) is 9.59 Å². The van der Waals surface area contributed by atoms with E-state index in [1.54, 1.807) is 36.4 Å². The van der Waals surface area contributed by atoms with Crippen molar-refractivity contribution in [3.63, 3.8) is 0 Å². The number of amides is 1. The summed E-state index contributed by atoms with van der Waals surface area (Å²) in [4.78, 5) is 23.0. The number of carbonyl (C=O) groups is 2. The van der Waals surface area contributed by atoms with Crippen LogP contribution in [0.3, 0.4) is 0 Å². The molecule has 0 radical (unpaired) electrons. The molecule has 0 atom stereocenters. The molecular formula is C16H11NO4S2. The Kier molecular flexibility index (Phi) is 4.31. The van der Waals surface area contributed by atoms with Crippen molar-refractivity contribution in [3.05, 3.63) is 47.1 Å². The molecule has 0 bridgehead atoms. The second kappa shape index (κ2) is 6.39. The van der Waals surface area contributed by atoms with Gasteiger partial charge in [0.1, 0.15) is 21.6 Å². The van der Waals surface area contributed by atoms with Crippen molar-refractivity contribution in [3.8, 4) is 17.1 Å². The summed E-state index contributed by atoms with van der Waals surface area (Å²) in [5.74, 6) is 1.10. The van der Waals surface area contributed by atoms with E-state index >= 15 is 0 Å². The van der Waals surface area contributed by atoms with Crippen LogP contribution < -0.4 is 10.1 Å². The van der Waals surface area contributed by atoms with Crippen molar-refractivity contribution in [1.82, 2.24) is 5.32 Å². The lowest BCUT2D eigenvalue weighted by Crippen LogP contribution is -2.17. The van der Waals surface area contributed by atoms with E-state index in [1.807, 2.05) is 6.07 Å². The first-order valence-electron chi connectivity index (χ1n) is 6.65. The molecule has 0 unspecified atom stereocenters. The monoisotopic (exact) mass is 345 g/mol. The van der Waals surface area contributed by atoms with Gasteiger partial charge in [0, 0.05) is 18.6 Å². The molecule has 5 nitrogen and oxygen atoms in total. The Labute approximate surface area is 141 Å². The van der Waals surface area contributed by atoms with Crippen LogP contribution in [0, 0.1) is 0 Å². The molecule has 2 heterocycles. The molecule has 1 aliphatic heterocycles. The van der Waals surface area contributed by atoms with Crippen LogP contribution in [0.5, 0.6) is 5.75 Å². The molecule has 1 amide bonds. The molecule has 0 aliphatic carbocycles. The third-order valence-electron chi connectivity index (χ3n) is 2.94. The fraction of sp³-hybridized carbons (Fsp3) is 0.0625. The Hall–Kier alpha value is -2.38. The number of rotatable bonds is 3. The largest absolute Gasteiger partial charge is 0.457 e. The van der Waals surface area contributed by atoms with E-state index < -0.39 is 0 Å². The number of furan rings is 1. The molecule has 7 heteroatoms. The molecule has 23 heavy (non-hydrogen) atoms. The molecular weight excluding hydrogens is 334 g/mol. The highest BCUT2D eigenvalue weighted by Crippen LogP contribution is 2.29. The third-order valence-corrected chi connectivity index (χ3v) is 4.11. The van der Waals surface area contributed by atoms with Crippen molar-refractivity contribution in [2.45, 2.75) is 6.92 Å². The van der Waals surface area contributed by atoms with Crippen molar-refractivity contribution in [2.75, 3.05) is 0 Å². The molecule has 3 rings (SSSR count). The summed E-state index contributed by atoms with van der Waals surface area (Å²) in [6.07, 6.45) is 1.65. The van der Waals surface area contributed by atoms with E-state index in [-0.39, 0.29) is 11.9 Å². The van der Waals surface area contributed by atoms with E-state index in [4.69, 9.17) is 21.4 Å². The lowest BCUT2D eigenvalue weighted by atomic mass is 10.2. The van der Waals surface area contributed by atoms with Gasteiger partial charge in [-0.3, -0.25) is 9.59 Å². The maximum atomic E-state index is 11.6. The van der Waals surface area contributed by atoms with Gasteiger partial charge < -0.3 is 14.5 Å². The number of carbonyl (C=O) groups excluding carboxylic acids is 2. The van der Waals surface area contributed by atoms with Gasteiger partial charge in [-0.05, 0) is 36.4 Å². The van der Waals surface area contributed by atoms with Gasteiger partial charge in [0.2, 0.25) is 0 Å². The van der Waals surface area contributed by atoms with Gasteiger partial charge in [0.25, 0.3) is 5.91 Å². The molecule has 1 aromatic heterocycles. The summed E-state index contributed by atoms with van der Waals surface area (Å²) in [6.45, 7) is 1.35. The van der Waals surface area contributed by atoms with Crippen LogP contribution in [0.2, 0.25) is 0 Å². The van der Waals surface area contributed by atoms with Crippen molar-refractivity contribution in [2.24, 2.45) is 0 Å². The van der Waals surface area contributed by atoms with Crippen LogP contribution in [-0.4, -0.2) is 16.2 Å². The number of hydrogen-bond donors (Lipinski definition) is 1. The highest BCUT2D eigenvalue weighted by Gasteiger charge is 2.22. The first-order valence-corrected chi connectivity index (χ1v) is 7.87. The Balaban J connectivity index is 1.79. The predicted molar refractivity (Wildman–Crippen MR) is 91.8 cm³/mol. The van der Waals surface area contributed by atoms with Gasteiger partial charge in [-0.1, -0.05) is 24.0 Å². The fourth-order valence-electron chi connectivity index (χ4n) is 1.99. The standard InChI is InChI=1S/C16H11NO4S2/c1-9(18)20-11-4-2-10(3-5-11)13-7-6-12(21-13)8-14-15(19)17-16(22)23-14/h2-8H,1H3,(H,17,19,22)/b14-8-. The van der Waals surface area contributed by atoms with E-state index in [1.165, 1.54) is 18.7 Å². The highest BCUT2D eigenvalue weighted by atomic mass is 32.2. The van der Waals surface area contributed by atoms with Crippen LogP contribution in [0.15, 0.2) is 45.7 Å². The maximum Gasteiger partial charge on any atom is 0.308 e. The first-order chi connectivity index (χ1) is 11.0. The SMILES string of the molecule is CC(=O)Oc1ccc(-c2ccc(/C=C3\SC(=S)NC3=O)o2)cc1. The molecule has 0 saturated carbocycles. The summed E-state index contributed by atoms with van der Waals surface area (Å²) in [5.41, 5.74) is 0.838. The number of benzene rings is 1. The first kappa shape index (κ1) is 15.5. The molecule has 116 valence electrons. The molecule has 1 fully saturated rings. The zero-order valence-corrected chi connectivity index (χ0v) is 13.6. The Morgan fingerprint density at radius 1 is 1.26 bits per heavy atom. The molecule has 1 saturated heterocycles. The van der Waals surface area contributed by atoms with Gasteiger partial charge in [0.15, 0.2) is 0 Å². The van der Waals surface area contributed by atoms with Crippen molar-refractivity contribution in [1.29, 1.82) is 0 Å². The molecule has 1 N–H and O–H groups in total. The topological polar surface area (TPSA) is 68.5 Å². The van der Waals surface area contributed by atoms with Gasteiger partial charge >= 0.3 is 5.97 Å². The number of nitrogens with one attached hydrogen (secondary N) is 1. The second-order valence-electron chi connectivity index (χ2n) is 4.67. The van der Waals surface area contributed by atoms with Crippen molar-refractivity contribution >= 4 is 46.3 Å². The number of esters is 1. The van der Waals surface area contributed by atoms with E-state index in [9.17, 15) is 9.59 Å². The quantitative estimate of drug-likeness (QED) is 0.398. The smallest absolute Gasteiger partial charge is 0.308 e. The number of hydrogen-bond acceptors (Lipinski definition) is 6. The Morgan fingerprint density at radius 2 is 2.00 bits per heavy atom. The van der Waals surface area contributed by atoms with Crippen molar-refractivity contribution < 1.29 is 18.7 Å². The van der Waals surface area contributed by atoms with Gasteiger partial charge in [0.05, 0.1) is 4.91 Å². The molecule has 1 aliphatic rings. The Morgan fingerprint density at radius 3 is 2.61 bits per heavy atom. The zero-order valence-electron chi connectivity index (χ0n) is 12.0. The van der Waals surface area contributed by atoms with Crippen LogP contribution in [0.25, 0.3) is 17.4 Å². The average Bonchev–Trinajstić information content (AvgIpc) is 3.07. The van der Waals surface area contributed by atoms with Gasteiger partial charge in [-0.2, -0.15) is 0 Å². The second-order valence-corrected chi connectivity index (χ2v) is 6.39. The molecule has 2 aromatic rings. The zero-order chi connectivity index (χ0) is 16.4. The summed E-state index contributed by atoms with van der Waals surface area (Å²) in [5, 5.41) is 2.55. The third kappa shape index (κ3) is 3.69. The summed E-state index contributed by atoms with van der Waals surface area (Å²) in [6, 6.07) is 10.5. The molecule has 1 aromatic carbocycles. The fourth-order valence-corrected chi connectivity index (χ4v) is 3.01. The lowest BCUT2D eigenvalue weighted by Gasteiger charge is -2.01. The Bertz CT molecular complexity index is 821. The van der Waals surface area contributed by atoms with E-state index in [0.717, 1.165) is 5.56 Å². The van der Waals surface area contributed by atoms with E-state index in [2.05, 4.69) is 5.32 Å². The minimum Gasteiger partial charge on any atom is -0.457 e. The minimum absolute atomic E-state index is 0.219. The minimum atomic E-state index is -0.366. The number of thioether (sulfide) groups is 1. The normalized spacial score (nSPS) is 15.8. The number of thiocarbonyl (C=S) groups is 1. The van der Waals surface area contributed by atoms with Crippen LogP contribution in [0.1, 0.15) is 12.7 Å². The number of ether oxygens (including phenoxy) is 1.